The van der Waals surface area contributed by atoms with Crippen LogP contribution in [0, 0.1) is 6.92 Å². The number of rotatable bonds is 7. The molecule has 1 aliphatic rings. The zero-order valence-corrected chi connectivity index (χ0v) is 21.8. The van der Waals surface area contributed by atoms with Crippen LogP contribution in [-0.4, -0.2) is 55.3 Å². The summed E-state index contributed by atoms with van der Waals surface area (Å²) in [6, 6.07) is 5.15. The molecular weight excluding hydrogens is 472 g/mol. The third kappa shape index (κ3) is 5.72. The van der Waals surface area contributed by atoms with E-state index >= 15 is 0 Å². The maximum atomic E-state index is 13.1. The number of carbonyl (C=O) groups excluding carboxylic acids is 2. The van der Waals surface area contributed by atoms with E-state index in [0.29, 0.717) is 17.1 Å². The Morgan fingerprint density at radius 3 is 2.62 bits per heavy atom. The van der Waals surface area contributed by atoms with Gasteiger partial charge in [0.1, 0.15) is 5.82 Å². The average Bonchev–Trinajstić information content (AvgIpc) is 3.23. The Kier molecular flexibility index (Phi) is 7.17. The Bertz CT molecular complexity index is 1310. The summed E-state index contributed by atoms with van der Waals surface area (Å²) in [5.41, 5.74) is 7.43. The lowest BCUT2D eigenvalue weighted by atomic mass is 9.92. The van der Waals surface area contributed by atoms with Crippen LogP contribution in [0.3, 0.4) is 0 Å². The van der Waals surface area contributed by atoms with Crippen LogP contribution in [0.25, 0.3) is 0 Å². The number of nitrogens with two attached hydrogens (primary N) is 1. The molecule has 196 valence electrons. The van der Waals surface area contributed by atoms with Crippen LogP contribution >= 0.6 is 0 Å². The highest BCUT2D eigenvalue weighted by molar-refractivity contribution is 5.96. The molecule has 1 aliphatic heterocycles. The average molecular weight is 507 g/mol. The molecule has 0 aliphatic carbocycles. The van der Waals surface area contributed by atoms with Gasteiger partial charge in [-0.3, -0.25) is 14.3 Å². The van der Waals surface area contributed by atoms with Crippen molar-refractivity contribution in [3.63, 3.8) is 0 Å². The molecular formula is C26H34N8O3. The normalized spacial score (nSPS) is 17.9. The van der Waals surface area contributed by atoms with Crippen molar-refractivity contribution in [3.05, 3.63) is 59.2 Å². The summed E-state index contributed by atoms with van der Waals surface area (Å²) >= 11 is 0. The number of anilines is 3. The Labute approximate surface area is 216 Å². The van der Waals surface area contributed by atoms with E-state index < -0.39 is 11.5 Å². The van der Waals surface area contributed by atoms with Crippen molar-refractivity contribution in [2.24, 2.45) is 12.8 Å². The first-order valence-corrected chi connectivity index (χ1v) is 12.3. The lowest BCUT2D eigenvalue weighted by Crippen LogP contribution is -2.54. The van der Waals surface area contributed by atoms with Crippen LogP contribution in [0.1, 0.15) is 65.6 Å². The van der Waals surface area contributed by atoms with Crippen LogP contribution < -0.4 is 21.3 Å². The number of benzene rings is 1. The molecule has 5 N–H and O–H groups in total. The smallest absolute Gasteiger partial charge is 0.271 e. The molecule has 1 saturated heterocycles. The summed E-state index contributed by atoms with van der Waals surface area (Å²) < 4.78 is 1.63. The van der Waals surface area contributed by atoms with Gasteiger partial charge >= 0.3 is 0 Å². The van der Waals surface area contributed by atoms with Gasteiger partial charge in [-0.05, 0) is 63.8 Å². The number of hydrogen-bond acceptors (Lipinski definition) is 8. The molecule has 1 aromatic carbocycles. The maximum absolute atomic E-state index is 13.1. The first kappa shape index (κ1) is 26.1. The zero-order chi connectivity index (χ0) is 26.9. The highest BCUT2D eigenvalue weighted by Gasteiger charge is 2.31. The molecule has 1 fully saturated rings. The molecule has 0 saturated carbocycles. The van der Waals surface area contributed by atoms with Crippen molar-refractivity contribution in [3.8, 4) is 0 Å². The van der Waals surface area contributed by atoms with E-state index in [2.05, 4.69) is 30.6 Å². The highest BCUT2D eigenvalue weighted by Crippen LogP contribution is 2.27. The van der Waals surface area contributed by atoms with Crippen LogP contribution in [0.5, 0.6) is 0 Å². The molecule has 2 aromatic heterocycles. The predicted octanol–water partition coefficient (Wildman–Crippen LogP) is 2.38. The summed E-state index contributed by atoms with van der Waals surface area (Å²) in [5.74, 6) is -0.0293. The molecule has 2 amide bonds. The van der Waals surface area contributed by atoms with Gasteiger partial charge in [0.05, 0.1) is 23.7 Å². The number of nitrogens with zero attached hydrogens (tertiary/aromatic N) is 5. The number of aryl methyl sites for hydroxylation is 2. The Balaban J connectivity index is 1.53. The highest BCUT2D eigenvalue weighted by atomic mass is 16.3. The van der Waals surface area contributed by atoms with E-state index in [1.807, 2.05) is 13.8 Å². The fraction of sp³-hybridized carbons (Fsp3) is 0.423. The molecule has 37 heavy (non-hydrogen) atoms. The van der Waals surface area contributed by atoms with E-state index in [1.165, 1.54) is 6.20 Å². The van der Waals surface area contributed by atoms with Crippen molar-refractivity contribution in [1.29, 1.82) is 0 Å². The Morgan fingerprint density at radius 2 is 2.00 bits per heavy atom. The topological polar surface area (TPSA) is 151 Å². The van der Waals surface area contributed by atoms with Gasteiger partial charge in [-0.15, -0.1) is 0 Å². The summed E-state index contributed by atoms with van der Waals surface area (Å²) in [6.45, 7) is 8.10. The van der Waals surface area contributed by atoms with Crippen molar-refractivity contribution < 1.29 is 14.7 Å². The third-order valence-electron chi connectivity index (χ3n) is 6.71. The molecule has 0 spiro atoms. The maximum Gasteiger partial charge on any atom is 0.271 e. The number of carbonyl (C=O) groups is 2. The van der Waals surface area contributed by atoms with Gasteiger partial charge in [-0.1, -0.05) is 6.07 Å². The second-order valence-corrected chi connectivity index (χ2v) is 10.1. The minimum Gasteiger partial charge on any atom is -0.386 e. The standard InChI is InChI=1S/C26H34N8O3/c1-15-11-17(8-9-19(15)26(3,4)37)25(36)31-20-7-6-10-34(16(20)2)21-13-28-22(23(27)35)24(32-21)30-18-12-29-33(5)14-18/h8-9,11-14,16,20,37H,6-7,10H2,1-5H3,(H2,27,35)(H,30,32)(H,31,36)/t16-,20-/m1/s1. The Hall–Kier alpha value is -3.99. The van der Waals surface area contributed by atoms with Gasteiger partial charge in [0.15, 0.2) is 11.5 Å². The van der Waals surface area contributed by atoms with Gasteiger partial charge < -0.3 is 26.4 Å². The number of nitrogens with one attached hydrogen (secondary N) is 2. The monoisotopic (exact) mass is 506 g/mol. The SMILES string of the molecule is Cc1cc(C(=O)N[C@@H]2CCCN(c3cnc(C(N)=O)c(Nc4cnn(C)c4)n3)[C@@H]2C)ccc1C(C)(C)O. The molecule has 0 unspecified atom stereocenters. The van der Waals surface area contributed by atoms with Gasteiger partial charge in [0.2, 0.25) is 0 Å². The van der Waals surface area contributed by atoms with E-state index in [4.69, 9.17) is 5.73 Å². The second kappa shape index (κ2) is 10.2. The zero-order valence-electron chi connectivity index (χ0n) is 21.8. The number of aliphatic hydroxyl groups is 1. The third-order valence-corrected chi connectivity index (χ3v) is 6.71. The molecule has 0 radical (unpaired) electrons. The lowest BCUT2D eigenvalue weighted by Gasteiger charge is -2.40. The van der Waals surface area contributed by atoms with E-state index in [0.717, 1.165) is 30.5 Å². The number of primary amides is 1. The molecule has 2 atom stereocenters. The van der Waals surface area contributed by atoms with E-state index in [-0.39, 0.29) is 29.5 Å². The van der Waals surface area contributed by atoms with Gasteiger partial charge in [-0.2, -0.15) is 5.10 Å². The Morgan fingerprint density at radius 1 is 1.24 bits per heavy atom. The van der Waals surface area contributed by atoms with Crippen molar-refractivity contribution in [2.45, 2.75) is 58.2 Å². The van der Waals surface area contributed by atoms with Gasteiger partial charge in [0.25, 0.3) is 11.8 Å². The fourth-order valence-electron chi connectivity index (χ4n) is 4.81. The molecule has 3 aromatic rings. The van der Waals surface area contributed by atoms with E-state index in [9.17, 15) is 14.7 Å². The number of piperidine rings is 1. The minimum atomic E-state index is -0.979. The van der Waals surface area contributed by atoms with Gasteiger partial charge in [-0.25, -0.2) is 9.97 Å². The van der Waals surface area contributed by atoms with Crippen molar-refractivity contribution in [1.82, 2.24) is 25.1 Å². The van der Waals surface area contributed by atoms with Crippen molar-refractivity contribution in [2.75, 3.05) is 16.8 Å². The van der Waals surface area contributed by atoms with Crippen LogP contribution in [-0.2, 0) is 12.6 Å². The van der Waals surface area contributed by atoms with Gasteiger partial charge in [0, 0.05) is 37.4 Å². The largest absolute Gasteiger partial charge is 0.386 e. The molecule has 11 nitrogen and oxygen atoms in total. The number of aromatic nitrogens is 4. The van der Waals surface area contributed by atoms with E-state index in [1.54, 1.807) is 56.2 Å². The summed E-state index contributed by atoms with van der Waals surface area (Å²) in [6.07, 6.45) is 6.57. The molecule has 3 heterocycles. The summed E-state index contributed by atoms with van der Waals surface area (Å²) in [5, 5.41) is 20.7. The van der Waals surface area contributed by atoms with Crippen LogP contribution in [0.2, 0.25) is 0 Å². The number of amides is 2. The quantitative estimate of drug-likeness (QED) is 0.381. The van der Waals surface area contributed by atoms with Crippen LogP contribution in [0.15, 0.2) is 36.8 Å². The fourth-order valence-corrected chi connectivity index (χ4v) is 4.81. The lowest BCUT2D eigenvalue weighted by molar-refractivity contribution is 0.0776. The first-order chi connectivity index (χ1) is 17.4. The number of hydrogen-bond donors (Lipinski definition) is 4. The van der Waals surface area contributed by atoms with Crippen molar-refractivity contribution >= 4 is 29.1 Å². The van der Waals surface area contributed by atoms with Crippen LogP contribution in [0.4, 0.5) is 17.3 Å². The molecule has 11 heteroatoms. The second-order valence-electron chi connectivity index (χ2n) is 10.1. The first-order valence-electron chi connectivity index (χ1n) is 12.3. The predicted molar refractivity (Wildman–Crippen MR) is 141 cm³/mol. The summed E-state index contributed by atoms with van der Waals surface area (Å²) in [4.78, 5) is 36.1. The molecule has 4 rings (SSSR count). The molecule has 0 bridgehead atoms. The minimum absolute atomic E-state index is 0.0343. The summed E-state index contributed by atoms with van der Waals surface area (Å²) in [7, 11) is 1.79.